The van der Waals surface area contributed by atoms with Gasteiger partial charge in [0.25, 0.3) is 6.43 Å². The number of hydrogen-bond acceptors (Lipinski definition) is 8. The van der Waals surface area contributed by atoms with E-state index in [-0.39, 0.29) is 23.7 Å². The van der Waals surface area contributed by atoms with Crippen molar-refractivity contribution in [2.75, 3.05) is 48.8 Å². The van der Waals surface area contributed by atoms with Gasteiger partial charge in [-0.2, -0.15) is 14.3 Å². The van der Waals surface area contributed by atoms with Crippen LogP contribution < -0.4 is 10.2 Å². The van der Waals surface area contributed by atoms with E-state index in [1.807, 2.05) is 4.90 Å². The van der Waals surface area contributed by atoms with E-state index in [0.29, 0.717) is 67.9 Å². The molecule has 2 saturated heterocycles. The minimum Gasteiger partial charge on any atom is -0.378 e. The van der Waals surface area contributed by atoms with Gasteiger partial charge in [-0.25, -0.2) is 22.2 Å². The molecule has 2 aromatic heterocycles. The summed E-state index contributed by atoms with van der Waals surface area (Å²) in [6, 6.07) is 8.84. The van der Waals surface area contributed by atoms with Crippen molar-refractivity contribution in [3.63, 3.8) is 0 Å². The molecule has 3 fully saturated rings. The molecule has 10 nitrogen and oxygen atoms in total. The number of para-hydroxylation sites is 2. The zero-order chi connectivity index (χ0) is 26.3. The molecule has 204 valence electrons. The number of rotatable bonds is 6. The van der Waals surface area contributed by atoms with Crippen LogP contribution in [-0.4, -0.2) is 82.9 Å². The first kappa shape index (κ1) is 25.4. The summed E-state index contributed by atoms with van der Waals surface area (Å²) in [5.41, 5.74) is 1.02. The van der Waals surface area contributed by atoms with E-state index >= 15 is 0 Å². The zero-order valence-corrected chi connectivity index (χ0v) is 21.8. The van der Waals surface area contributed by atoms with E-state index in [0.717, 1.165) is 25.7 Å². The van der Waals surface area contributed by atoms with Gasteiger partial charge in [0.2, 0.25) is 16.0 Å². The lowest BCUT2D eigenvalue weighted by atomic mass is 9.91. The normalized spacial score (nSPS) is 24.3. The number of halogens is 2. The molecule has 0 unspecified atom stereocenters. The van der Waals surface area contributed by atoms with Crippen molar-refractivity contribution in [3.8, 4) is 5.82 Å². The molecule has 6 rings (SSSR count). The average Bonchev–Trinajstić information content (AvgIpc) is 3.49. The maximum Gasteiger partial charge on any atom is 0.296 e. The highest BCUT2D eigenvalue weighted by Gasteiger charge is 2.36. The second kappa shape index (κ2) is 10.3. The van der Waals surface area contributed by atoms with Crippen LogP contribution in [0.15, 0.2) is 30.3 Å². The van der Waals surface area contributed by atoms with Crippen molar-refractivity contribution in [2.24, 2.45) is 0 Å². The number of ether oxygens (including phenoxy) is 1. The van der Waals surface area contributed by atoms with Crippen LogP contribution in [0.1, 0.15) is 44.4 Å². The summed E-state index contributed by atoms with van der Waals surface area (Å²) in [6.45, 7) is 2.89. The third-order valence-electron chi connectivity index (χ3n) is 7.60. The lowest BCUT2D eigenvalue weighted by Gasteiger charge is -2.34. The Kier molecular flexibility index (Phi) is 6.91. The van der Waals surface area contributed by atoms with Crippen molar-refractivity contribution in [1.82, 2.24) is 23.8 Å². The highest BCUT2D eigenvalue weighted by molar-refractivity contribution is 7.89. The van der Waals surface area contributed by atoms with Crippen LogP contribution in [0, 0.1) is 0 Å². The van der Waals surface area contributed by atoms with Gasteiger partial charge in [-0.15, -0.1) is 0 Å². The molecule has 1 saturated carbocycles. The summed E-state index contributed by atoms with van der Waals surface area (Å²) in [5, 5.41) is 3.49. The lowest BCUT2D eigenvalue weighted by Crippen LogP contribution is -2.41. The Labute approximate surface area is 220 Å². The number of fused-ring (bicyclic) bond motifs is 1. The molecule has 2 aliphatic heterocycles. The third kappa shape index (κ3) is 4.94. The molecule has 38 heavy (non-hydrogen) atoms. The quantitative estimate of drug-likeness (QED) is 0.501. The molecular weight excluding hydrogens is 516 g/mol. The van der Waals surface area contributed by atoms with Gasteiger partial charge < -0.3 is 15.0 Å². The van der Waals surface area contributed by atoms with Gasteiger partial charge >= 0.3 is 0 Å². The molecule has 1 aliphatic carbocycles. The number of alkyl halides is 2. The first-order valence-corrected chi connectivity index (χ1v) is 14.7. The fraction of sp³-hybridized carbons (Fsp3) is 0.560. The Morgan fingerprint density at radius 2 is 1.76 bits per heavy atom. The maximum absolute atomic E-state index is 14.1. The molecular formula is C25H31F2N7O3S. The first-order chi connectivity index (χ1) is 18.4. The summed E-state index contributed by atoms with van der Waals surface area (Å²) in [5.74, 6) is 1.19. The second-order valence-electron chi connectivity index (χ2n) is 10.0. The molecule has 1 N–H and O–H groups in total. The standard InChI is InChI=1S/C25H31F2N7O3S/c26-23(27)24-29-19-4-1-2-5-20(19)34(24)22-16-21(30-25(31-22)32-11-13-37-14-12-32)28-17-6-8-18(9-7-17)33-10-3-15-38(33,35)36/h1-2,4-5,16-18,23H,3,6-15H2,(H,28,30,31). The monoisotopic (exact) mass is 547 g/mol. The van der Waals surface area contributed by atoms with Crippen LogP contribution in [0.2, 0.25) is 0 Å². The molecule has 0 amide bonds. The Morgan fingerprint density at radius 3 is 2.47 bits per heavy atom. The van der Waals surface area contributed by atoms with Gasteiger partial charge in [0.15, 0.2) is 5.82 Å². The molecule has 3 aliphatic rings. The molecule has 0 bridgehead atoms. The number of hydrogen-bond donors (Lipinski definition) is 1. The van der Waals surface area contributed by atoms with Crippen molar-refractivity contribution in [3.05, 3.63) is 36.2 Å². The molecule has 3 aromatic rings. The molecule has 4 heterocycles. The predicted octanol–water partition coefficient (Wildman–Crippen LogP) is 3.35. The van der Waals surface area contributed by atoms with E-state index in [2.05, 4.69) is 10.3 Å². The minimum absolute atomic E-state index is 0.0383. The van der Waals surface area contributed by atoms with Crippen molar-refractivity contribution in [2.45, 2.75) is 50.6 Å². The summed E-state index contributed by atoms with van der Waals surface area (Å²) in [4.78, 5) is 15.6. The molecule has 0 radical (unpaired) electrons. The SMILES string of the molecule is O=S1(=O)CCCN1C1CCC(Nc2cc(-n3c(C(F)F)nc4ccccc43)nc(N3CCOCC3)n2)CC1. The number of sulfonamides is 1. The van der Waals surface area contributed by atoms with Crippen LogP contribution in [0.5, 0.6) is 0 Å². The number of nitrogens with one attached hydrogen (secondary N) is 1. The van der Waals surface area contributed by atoms with Crippen LogP contribution in [-0.2, 0) is 14.8 Å². The van der Waals surface area contributed by atoms with E-state index in [9.17, 15) is 17.2 Å². The van der Waals surface area contributed by atoms with Gasteiger partial charge in [0.1, 0.15) is 11.6 Å². The van der Waals surface area contributed by atoms with E-state index < -0.39 is 16.4 Å². The van der Waals surface area contributed by atoms with Crippen LogP contribution in [0.4, 0.5) is 20.5 Å². The fourth-order valence-electron chi connectivity index (χ4n) is 5.73. The highest BCUT2D eigenvalue weighted by Crippen LogP contribution is 2.32. The van der Waals surface area contributed by atoms with Crippen LogP contribution in [0.3, 0.4) is 0 Å². The minimum atomic E-state index is -3.13. The van der Waals surface area contributed by atoms with Crippen LogP contribution >= 0.6 is 0 Å². The smallest absolute Gasteiger partial charge is 0.296 e. The van der Waals surface area contributed by atoms with Gasteiger partial charge in [0, 0.05) is 37.8 Å². The number of benzene rings is 1. The van der Waals surface area contributed by atoms with E-state index in [1.54, 1.807) is 34.6 Å². The molecule has 1 aromatic carbocycles. The Hall–Kier alpha value is -2.90. The lowest BCUT2D eigenvalue weighted by molar-refractivity contribution is 0.122. The number of imidazole rings is 1. The number of aromatic nitrogens is 4. The van der Waals surface area contributed by atoms with E-state index in [1.165, 1.54) is 4.57 Å². The number of morpholine rings is 1. The highest BCUT2D eigenvalue weighted by atomic mass is 32.2. The predicted molar refractivity (Wildman–Crippen MR) is 139 cm³/mol. The largest absolute Gasteiger partial charge is 0.378 e. The fourth-order valence-corrected chi connectivity index (χ4v) is 7.53. The Balaban J connectivity index is 1.30. The topological polar surface area (TPSA) is 105 Å². The Morgan fingerprint density at radius 1 is 1.00 bits per heavy atom. The molecule has 13 heteroatoms. The third-order valence-corrected chi connectivity index (χ3v) is 9.60. The number of anilines is 2. The number of nitrogens with zero attached hydrogens (tertiary/aromatic N) is 6. The summed E-state index contributed by atoms with van der Waals surface area (Å²) in [6.07, 6.45) is 1.04. The Bertz CT molecular complexity index is 1400. The van der Waals surface area contributed by atoms with Crippen molar-refractivity contribution < 1.29 is 21.9 Å². The zero-order valence-electron chi connectivity index (χ0n) is 21.0. The van der Waals surface area contributed by atoms with Crippen molar-refractivity contribution in [1.29, 1.82) is 0 Å². The van der Waals surface area contributed by atoms with Gasteiger partial charge in [-0.1, -0.05) is 12.1 Å². The second-order valence-corrected chi connectivity index (χ2v) is 12.1. The van der Waals surface area contributed by atoms with E-state index in [4.69, 9.17) is 14.7 Å². The molecule has 0 spiro atoms. The summed E-state index contributed by atoms with van der Waals surface area (Å²) in [7, 11) is -3.13. The maximum atomic E-state index is 14.1. The van der Waals surface area contributed by atoms with Gasteiger partial charge in [-0.05, 0) is 44.2 Å². The average molecular weight is 548 g/mol. The summed E-state index contributed by atoms with van der Waals surface area (Å²) < 4.78 is 61.4. The van der Waals surface area contributed by atoms with Gasteiger partial charge in [-0.3, -0.25) is 4.57 Å². The molecule has 0 atom stereocenters. The summed E-state index contributed by atoms with van der Waals surface area (Å²) >= 11 is 0. The van der Waals surface area contributed by atoms with Crippen LogP contribution in [0.25, 0.3) is 16.9 Å². The first-order valence-electron chi connectivity index (χ1n) is 13.1. The van der Waals surface area contributed by atoms with Crippen molar-refractivity contribution >= 4 is 32.8 Å². The van der Waals surface area contributed by atoms with Gasteiger partial charge in [0.05, 0.1) is 30.0 Å².